The molecular formula is C12H23F3N2O. The fourth-order valence-corrected chi connectivity index (χ4v) is 2.55. The van der Waals surface area contributed by atoms with Gasteiger partial charge in [0, 0.05) is 18.6 Å². The van der Waals surface area contributed by atoms with Crippen LogP contribution in [0.2, 0.25) is 0 Å². The van der Waals surface area contributed by atoms with Crippen LogP contribution in [0.15, 0.2) is 0 Å². The number of hydrogen-bond acceptors (Lipinski definition) is 3. The number of halogens is 3. The van der Waals surface area contributed by atoms with Gasteiger partial charge in [-0.15, -0.1) is 0 Å². The lowest BCUT2D eigenvalue weighted by atomic mass is 9.75. The first-order valence-electron chi connectivity index (χ1n) is 6.36. The highest BCUT2D eigenvalue weighted by Crippen LogP contribution is 2.41. The van der Waals surface area contributed by atoms with E-state index in [1.165, 1.54) is 0 Å². The molecule has 1 rings (SSSR count). The molecule has 0 radical (unpaired) electrons. The zero-order chi connectivity index (χ0) is 13.8. The minimum absolute atomic E-state index is 0.0135. The summed E-state index contributed by atoms with van der Waals surface area (Å²) in [6, 6.07) is 0. The smallest absolute Gasteiger partial charge is 0.391 e. The Morgan fingerprint density at radius 1 is 1.39 bits per heavy atom. The van der Waals surface area contributed by atoms with Crippen LogP contribution in [-0.4, -0.2) is 55.5 Å². The molecule has 6 heteroatoms. The molecule has 1 saturated carbocycles. The maximum absolute atomic E-state index is 12.8. The van der Waals surface area contributed by atoms with Crippen molar-refractivity contribution in [2.75, 3.05) is 33.8 Å². The fourth-order valence-electron chi connectivity index (χ4n) is 2.55. The minimum Gasteiger partial charge on any atom is -0.394 e. The van der Waals surface area contributed by atoms with Crippen molar-refractivity contribution in [3.05, 3.63) is 0 Å². The third-order valence-electron chi connectivity index (χ3n) is 3.67. The quantitative estimate of drug-likeness (QED) is 0.795. The van der Waals surface area contributed by atoms with E-state index < -0.39 is 17.6 Å². The Morgan fingerprint density at radius 3 is 2.56 bits per heavy atom. The molecule has 0 spiro atoms. The molecule has 1 fully saturated rings. The van der Waals surface area contributed by atoms with Gasteiger partial charge < -0.3 is 15.3 Å². The number of alkyl halides is 3. The minimum atomic E-state index is -4.15. The van der Waals surface area contributed by atoms with Gasteiger partial charge in [0.25, 0.3) is 0 Å². The molecule has 1 aliphatic carbocycles. The monoisotopic (exact) mass is 268 g/mol. The van der Waals surface area contributed by atoms with Gasteiger partial charge in [0.1, 0.15) is 0 Å². The SMILES string of the molecule is CN(C)CCNC1(CO)CCCC(C(F)(F)F)C1. The molecule has 2 N–H and O–H groups in total. The summed E-state index contributed by atoms with van der Waals surface area (Å²) >= 11 is 0. The Kier molecular flexibility index (Phi) is 5.43. The van der Waals surface area contributed by atoms with Gasteiger partial charge in [0.2, 0.25) is 0 Å². The standard InChI is InChI=1S/C12H23F3N2O/c1-17(2)7-6-16-11(9-18)5-3-4-10(8-11)12(13,14)15/h10,16,18H,3-9H2,1-2H3. The Labute approximate surface area is 106 Å². The fraction of sp³-hybridized carbons (Fsp3) is 1.00. The van der Waals surface area contributed by atoms with Crippen LogP contribution < -0.4 is 5.32 Å². The van der Waals surface area contributed by atoms with E-state index in [0.717, 1.165) is 6.54 Å². The summed E-state index contributed by atoms with van der Waals surface area (Å²) in [6.45, 7) is 1.11. The van der Waals surface area contributed by atoms with Crippen molar-refractivity contribution in [3.63, 3.8) is 0 Å². The van der Waals surface area contributed by atoms with E-state index >= 15 is 0 Å². The predicted octanol–water partition coefficient (Wildman–Crippen LogP) is 1.62. The first-order valence-corrected chi connectivity index (χ1v) is 6.36. The van der Waals surface area contributed by atoms with Crippen LogP contribution in [0.4, 0.5) is 13.2 Å². The van der Waals surface area contributed by atoms with Crippen molar-refractivity contribution in [2.24, 2.45) is 5.92 Å². The van der Waals surface area contributed by atoms with Crippen LogP contribution >= 0.6 is 0 Å². The number of likely N-dealkylation sites (N-methyl/N-ethyl adjacent to an activating group) is 1. The molecule has 1 aliphatic rings. The topological polar surface area (TPSA) is 35.5 Å². The zero-order valence-electron chi connectivity index (χ0n) is 11.1. The van der Waals surface area contributed by atoms with Gasteiger partial charge in [-0.05, 0) is 33.4 Å². The Morgan fingerprint density at radius 2 is 2.06 bits per heavy atom. The molecule has 0 aromatic rings. The lowest BCUT2D eigenvalue weighted by Gasteiger charge is -2.41. The van der Waals surface area contributed by atoms with E-state index in [1.807, 2.05) is 19.0 Å². The van der Waals surface area contributed by atoms with Crippen LogP contribution in [-0.2, 0) is 0 Å². The number of hydrogen-bond donors (Lipinski definition) is 2. The largest absolute Gasteiger partial charge is 0.394 e. The molecule has 0 aliphatic heterocycles. The summed E-state index contributed by atoms with van der Waals surface area (Å²) in [7, 11) is 3.82. The summed E-state index contributed by atoms with van der Waals surface area (Å²) in [6.07, 6.45) is -2.85. The van der Waals surface area contributed by atoms with E-state index in [0.29, 0.717) is 19.4 Å². The maximum Gasteiger partial charge on any atom is 0.391 e. The van der Waals surface area contributed by atoms with Gasteiger partial charge in [-0.2, -0.15) is 13.2 Å². The summed E-state index contributed by atoms with van der Waals surface area (Å²) in [4.78, 5) is 1.96. The number of nitrogens with zero attached hydrogens (tertiary/aromatic N) is 1. The highest BCUT2D eigenvalue weighted by molar-refractivity contribution is 4.95. The lowest BCUT2D eigenvalue weighted by molar-refractivity contribution is -0.189. The third kappa shape index (κ3) is 4.40. The second-order valence-corrected chi connectivity index (χ2v) is 5.50. The van der Waals surface area contributed by atoms with E-state index in [9.17, 15) is 18.3 Å². The highest BCUT2D eigenvalue weighted by Gasteiger charge is 2.47. The second kappa shape index (κ2) is 6.21. The summed E-state index contributed by atoms with van der Waals surface area (Å²) < 4.78 is 38.3. The normalized spacial score (nSPS) is 29.8. The van der Waals surface area contributed by atoms with E-state index in [-0.39, 0.29) is 19.4 Å². The van der Waals surface area contributed by atoms with Gasteiger partial charge in [-0.25, -0.2) is 0 Å². The van der Waals surface area contributed by atoms with Crippen LogP contribution in [0.5, 0.6) is 0 Å². The van der Waals surface area contributed by atoms with E-state index in [4.69, 9.17) is 0 Å². The van der Waals surface area contributed by atoms with Gasteiger partial charge >= 0.3 is 6.18 Å². The van der Waals surface area contributed by atoms with Gasteiger partial charge in [0.05, 0.1) is 12.5 Å². The van der Waals surface area contributed by atoms with Crippen molar-refractivity contribution in [1.29, 1.82) is 0 Å². The zero-order valence-corrected chi connectivity index (χ0v) is 11.1. The molecule has 3 nitrogen and oxygen atoms in total. The molecule has 0 aromatic heterocycles. The van der Waals surface area contributed by atoms with Gasteiger partial charge in [-0.3, -0.25) is 0 Å². The molecule has 0 saturated heterocycles. The molecule has 0 aromatic carbocycles. The average Bonchev–Trinajstić information content (AvgIpc) is 2.28. The highest BCUT2D eigenvalue weighted by atomic mass is 19.4. The van der Waals surface area contributed by atoms with Crippen molar-refractivity contribution in [2.45, 2.75) is 37.4 Å². The van der Waals surface area contributed by atoms with Crippen LogP contribution in [0.3, 0.4) is 0 Å². The molecule has 0 bridgehead atoms. The van der Waals surface area contributed by atoms with Crippen LogP contribution in [0, 0.1) is 5.92 Å². The Hall–Kier alpha value is -0.330. The van der Waals surface area contributed by atoms with Gasteiger partial charge in [0.15, 0.2) is 0 Å². The third-order valence-corrected chi connectivity index (χ3v) is 3.67. The van der Waals surface area contributed by atoms with E-state index in [2.05, 4.69) is 5.32 Å². The predicted molar refractivity (Wildman–Crippen MR) is 64.4 cm³/mol. The summed E-state index contributed by atoms with van der Waals surface area (Å²) in [5.41, 5.74) is -0.756. The molecule has 2 unspecified atom stereocenters. The maximum atomic E-state index is 12.8. The number of nitrogens with one attached hydrogen (secondary N) is 1. The van der Waals surface area contributed by atoms with Crippen LogP contribution in [0.1, 0.15) is 25.7 Å². The second-order valence-electron chi connectivity index (χ2n) is 5.50. The molecule has 0 heterocycles. The van der Waals surface area contributed by atoms with Crippen molar-refractivity contribution in [1.82, 2.24) is 10.2 Å². The average molecular weight is 268 g/mol. The Bertz CT molecular complexity index is 258. The van der Waals surface area contributed by atoms with Crippen molar-refractivity contribution in [3.8, 4) is 0 Å². The molecule has 2 atom stereocenters. The number of rotatable bonds is 5. The Balaban J connectivity index is 2.57. The lowest BCUT2D eigenvalue weighted by Crippen LogP contribution is -2.54. The molecule has 18 heavy (non-hydrogen) atoms. The van der Waals surface area contributed by atoms with E-state index in [1.54, 1.807) is 0 Å². The van der Waals surface area contributed by atoms with Crippen LogP contribution in [0.25, 0.3) is 0 Å². The first-order chi connectivity index (χ1) is 8.29. The summed E-state index contributed by atoms with van der Waals surface area (Å²) in [5, 5.41) is 12.6. The van der Waals surface area contributed by atoms with Gasteiger partial charge in [-0.1, -0.05) is 6.42 Å². The first kappa shape index (κ1) is 15.7. The van der Waals surface area contributed by atoms with Crippen molar-refractivity contribution >= 4 is 0 Å². The number of aliphatic hydroxyl groups is 1. The molecule has 108 valence electrons. The summed E-state index contributed by atoms with van der Waals surface area (Å²) in [5.74, 6) is -1.29. The molecular weight excluding hydrogens is 245 g/mol. The number of aliphatic hydroxyl groups excluding tert-OH is 1. The molecule has 0 amide bonds. The van der Waals surface area contributed by atoms with Crippen molar-refractivity contribution < 1.29 is 18.3 Å².